The van der Waals surface area contributed by atoms with Crippen molar-refractivity contribution in [2.75, 3.05) is 6.61 Å². The average molecular weight is 817 g/mol. The first-order chi connectivity index (χ1) is 26.9. The summed E-state index contributed by atoms with van der Waals surface area (Å²) < 4.78 is 42.3. The summed E-state index contributed by atoms with van der Waals surface area (Å²) in [6.45, 7) is 12.9. The Labute approximate surface area is 337 Å². The van der Waals surface area contributed by atoms with Gasteiger partial charge in [0.2, 0.25) is 0 Å². The third-order valence-electron chi connectivity index (χ3n) is 11.0. The molecule has 3 aliphatic rings. The van der Waals surface area contributed by atoms with Crippen molar-refractivity contribution in [2.45, 2.75) is 142 Å². The van der Waals surface area contributed by atoms with Gasteiger partial charge in [0.25, 0.3) is 0 Å². The second-order valence-corrected chi connectivity index (χ2v) is 16.7. The molecular formula is C42H56O16. The van der Waals surface area contributed by atoms with Crippen molar-refractivity contribution >= 4 is 41.6 Å². The lowest BCUT2D eigenvalue weighted by Gasteiger charge is -2.51. The van der Waals surface area contributed by atoms with Crippen LogP contribution in [0.15, 0.2) is 42.5 Å². The molecule has 0 amide bonds. The van der Waals surface area contributed by atoms with E-state index < -0.39 is 144 Å². The molecule has 320 valence electrons. The van der Waals surface area contributed by atoms with E-state index in [1.54, 1.807) is 51.1 Å². The zero-order chi connectivity index (χ0) is 43.5. The summed E-state index contributed by atoms with van der Waals surface area (Å²) >= 11 is 0. The molecule has 1 saturated carbocycles. The average Bonchev–Trinajstić information content (AvgIpc) is 3.36. The molecular weight excluding hydrogens is 760 g/mol. The zero-order valence-corrected chi connectivity index (χ0v) is 34.7. The highest BCUT2D eigenvalue weighted by molar-refractivity contribution is 5.89. The van der Waals surface area contributed by atoms with Crippen LogP contribution in [0, 0.1) is 23.2 Å². The van der Waals surface area contributed by atoms with Gasteiger partial charge in [-0.15, -0.1) is 0 Å². The van der Waals surface area contributed by atoms with E-state index in [0.717, 1.165) is 27.7 Å². The number of carbonyl (C=O) groups is 7. The predicted octanol–water partition coefficient (Wildman–Crippen LogP) is 3.36. The molecule has 0 radical (unpaired) electrons. The van der Waals surface area contributed by atoms with Gasteiger partial charge in [-0.05, 0) is 25.5 Å². The number of aliphatic hydroxyl groups is 2. The smallest absolute Gasteiger partial charge is 0.338 e. The molecule has 1 aromatic rings. The van der Waals surface area contributed by atoms with Crippen molar-refractivity contribution in [3.8, 4) is 0 Å². The summed E-state index contributed by atoms with van der Waals surface area (Å²) in [5.41, 5.74) is -8.57. The molecule has 11 atom stereocenters. The molecule has 1 aliphatic heterocycles. The monoisotopic (exact) mass is 816 g/mol. The summed E-state index contributed by atoms with van der Waals surface area (Å²) in [6, 6.07) is 7.57. The molecule has 1 heterocycles. The number of fused-ring (bicyclic) bond motifs is 1. The van der Waals surface area contributed by atoms with E-state index >= 15 is 0 Å². The fraction of sp³-hybridized carbons (Fsp3) is 0.643. The standard InChI is InChI=1S/C42H56O16/c1-22(2)37(48)57-36-31(53-24(4)43)35(55-26(6)45)39(8,9)18-16-23(3)32(54-25(5)44)42(51)21-40(10,58-27(7)46)33-30(42)34(41(36,50)19-17-29(47)20-52-33)56-38(49)28-14-12-11-13-15-28/h11-16,18,22-23,30-36,50-51H,17,19-21H2,1-10H3/b18-16+/t23-,30+,31-,32+,33+,34+,35+,36+,40+,41-,42+/m0/s1. The minimum Gasteiger partial charge on any atom is -0.459 e. The maximum absolute atomic E-state index is 14.4. The van der Waals surface area contributed by atoms with Crippen LogP contribution in [0.4, 0.5) is 0 Å². The first kappa shape index (κ1) is 46.0. The Bertz CT molecular complexity index is 1770. The van der Waals surface area contributed by atoms with Crippen LogP contribution in [0.2, 0.25) is 0 Å². The Hall–Kier alpha value is -4.67. The SMILES string of the molecule is CC(=O)O[C@H]1[C@@H](OC(C)=O)C(C)(C)/C=C/[C@H](C)[C@@H](OC(C)=O)[C@@]2(O)C[C@@](C)(OC(C)=O)[C@@H]3OCC(=O)CC[C@@](O)([C@@H]1OC(=O)C(C)C)[C@H](OC(=O)c1ccccc1)[C@@H]32. The van der Waals surface area contributed by atoms with Gasteiger partial charge in [0.15, 0.2) is 24.1 Å². The van der Waals surface area contributed by atoms with Gasteiger partial charge < -0.3 is 43.4 Å². The van der Waals surface area contributed by atoms with Gasteiger partial charge in [0.1, 0.15) is 41.7 Å². The van der Waals surface area contributed by atoms with Crippen LogP contribution >= 0.6 is 0 Å². The first-order valence-corrected chi connectivity index (χ1v) is 19.3. The lowest BCUT2D eigenvalue weighted by atomic mass is 9.67. The Morgan fingerprint density at radius 3 is 1.90 bits per heavy atom. The van der Waals surface area contributed by atoms with Crippen molar-refractivity contribution in [3.63, 3.8) is 0 Å². The van der Waals surface area contributed by atoms with Crippen LogP contribution in [0.3, 0.4) is 0 Å². The molecule has 16 heteroatoms. The van der Waals surface area contributed by atoms with E-state index in [-0.39, 0.29) is 5.56 Å². The highest BCUT2D eigenvalue weighted by Gasteiger charge is 2.73. The molecule has 16 nitrogen and oxygen atoms in total. The van der Waals surface area contributed by atoms with E-state index in [1.807, 2.05) is 0 Å². The van der Waals surface area contributed by atoms with Crippen molar-refractivity contribution in [1.82, 2.24) is 0 Å². The van der Waals surface area contributed by atoms with Crippen LogP contribution in [0.5, 0.6) is 0 Å². The number of esters is 6. The molecule has 2 aliphatic carbocycles. The minimum atomic E-state index is -2.85. The Morgan fingerprint density at radius 1 is 0.759 bits per heavy atom. The number of benzene rings is 1. The maximum Gasteiger partial charge on any atom is 0.338 e. The Morgan fingerprint density at radius 2 is 1.34 bits per heavy atom. The Balaban J connectivity index is 2.28. The third kappa shape index (κ3) is 9.78. The molecule has 1 aromatic carbocycles. The van der Waals surface area contributed by atoms with Crippen molar-refractivity contribution in [3.05, 3.63) is 48.0 Å². The van der Waals surface area contributed by atoms with Gasteiger partial charge in [-0.25, -0.2) is 4.79 Å². The summed E-state index contributed by atoms with van der Waals surface area (Å²) in [7, 11) is 0. The van der Waals surface area contributed by atoms with Gasteiger partial charge >= 0.3 is 35.8 Å². The zero-order valence-electron chi connectivity index (χ0n) is 34.7. The number of ether oxygens (including phenoxy) is 7. The van der Waals surface area contributed by atoms with E-state index in [2.05, 4.69) is 0 Å². The Kier molecular flexibility index (Phi) is 14.0. The van der Waals surface area contributed by atoms with Gasteiger partial charge in [0, 0.05) is 51.9 Å². The highest BCUT2D eigenvalue weighted by Crippen LogP contribution is 2.56. The molecule has 58 heavy (non-hydrogen) atoms. The molecule has 2 bridgehead atoms. The molecule has 2 N–H and O–H groups in total. The molecule has 2 fully saturated rings. The maximum atomic E-state index is 14.4. The molecule has 0 spiro atoms. The first-order valence-electron chi connectivity index (χ1n) is 19.3. The topological polar surface area (TPSA) is 225 Å². The second-order valence-electron chi connectivity index (χ2n) is 16.7. The summed E-state index contributed by atoms with van der Waals surface area (Å²) in [5.74, 6) is -9.69. The minimum absolute atomic E-state index is 0.0253. The third-order valence-corrected chi connectivity index (χ3v) is 11.0. The number of hydrogen-bond donors (Lipinski definition) is 2. The van der Waals surface area contributed by atoms with Gasteiger partial charge in [-0.1, -0.05) is 65.0 Å². The lowest BCUT2D eigenvalue weighted by molar-refractivity contribution is -0.257. The van der Waals surface area contributed by atoms with E-state index in [0.29, 0.717) is 0 Å². The summed E-state index contributed by atoms with van der Waals surface area (Å²) in [6.07, 6.45) is -9.50. The normalized spacial score (nSPS) is 35.3. The van der Waals surface area contributed by atoms with E-state index in [9.17, 15) is 43.8 Å². The van der Waals surface area contributed by atoms with Gasteiger partial charge in [-0.3, -0.25) is 28.8 Å². The van der Waals surface area contributed by atoms with Crippen LogP contribution in [-0.2, 0) is 61.9 Å². The van der Waals surface area contributed by atoms with Crippen molar-refractivity contribution in [2.24, 2.45) is 23.2 Å². The second kappa shape index (κ2) is 17.7. The van der Waals surface area contributed by atoms with Crippen molar-refractivity contribution < 1.29 is 76.9 Å². The van der Waals surface area contributed by atoms with Gasteiger partial charge in [0.05, 0.1) is 17.4 Å². The summed E-state index contributed by atoms with van der Waals surface area (Å²) in [5, 5.41) is 27.1. The van der Waals surface area contributed by atoms with Crippen LogP contribution in [0.25, 0.3) is 0 Å². The van der Waals surface area contributed by atoms with E-state index in [4.69, 9.17) is 33.2 Å². The number of rotatable bonds is 8. The highest BCUT2D eigenvalue weighted by atomic mass is 16.6. The van der Waals surface area contributed by atoms with Gasteiger partial charge in [-0.2, -0.15) is 0 Å². The quantitative estimate of drug-likeness (QED) is 0.218. The largest absolute Gasteiger partial charge is 0.459 e. The number of hydrogen-bond acceptors (Lipinski definition) is 16. The fourth-order valence-electron chi connectivity index (χ4n) is 8.57. The molecule has 4 rings (SSSR count). The number of carbonyl (C=O) groups excluding carboxylic acids is 7. The number of Topliss-reactive ketones (excluding diaryl/α,β-unsaturated/α-hetero) is 1. The predicted molar refractivity (Wildman–Crippen MR) is 201 cm³/mol. The molecule has 0 aromatic heterocycles. The van der Waals surface area contributed by atoms with Crippen molar-refractivity contribution in [1.29, 1.82) is 0 Å². The summed E-state index contributed by atoms with van der Waals surface area (Å²) in [4.78, 5) is 93.7. The van der Waals surface area contributed by atoms with Crippen LogP contribution < -0.4 is 0 Å². The van der Waals surface area contributed by atoms with Crippen LogP contribution in [0.1, 0.15) is 98.9 Å². The fourth-order valence-corrected chi connectivity index (χ4v) is 8.57. The lowest BCUT2D eigenvalue weighted by Crippen LogP contribution is -2.69. The van der Waals surface area contributed by atoms with Crippen LogP contribution in [-0.4, -0.2) is 112 Å². The molecule has 0 unspecified atom stereocenters. The number of ketones is 1. The molecule has 1 saturated heterocycles. The van der Waals surface area contributed by atoms with E-state index in [1.165, 1.54) is 32.9 Å².